The molecule has 2 aromatic heterocycles. The first-order valence-corrected chi connectivity index (χ1v) is 14.3. The van der Waals surface area contributed by atoms with Gasteiger partial charge in [-0.15, -0.1) is 0 Å². The van der Waals surface area contributed by atoms with E-state index in [2.05, 4.69) is 57.4 Å². The Hall–Kier alpha value is -3.34. The fourth-order valence-electron chi connectivity index (χ4n) is 4.82. The molecule has 0 saturated carbocycles. The molecule has 0 spiro atoms. The van der Waals surface area contributed by atoms with E-state index in [9.17, 15) is 9.90 Å². The number of dihydropyridines is 1. The number of nitrogens with zero attached hydrogens (tertiary/aromatic N) is 6. The van der Waals surface area contributed by atoms with Gasteiger partial charge in [0, 0.05) is 52.0 Å². The molecule has 1 amide bonds. The van der Waals surface area contributed by atoms with Crippen molar-refractivity contribution in [3.63, 3.8) is 0 Å². The summed E-state index contributed by atoms with van der Waals surface area (Å²) >= 11 is 1.53. The van der Waals surface area contributed by atoms with Crippen molar-refractivity contribution in [1.82, 2.24) is 19.8 Å². The van der Waals surface area contributed by atoms with Crippen LogP contribution in [0.25, 0.3) is 10.3 Å². The van der Waals surface area contributed by atoms with E-state index in [-0.39, 0.29) is 5.91 Å². The van der Waals surface area contributed by atoms with Crippen LogP contribution in [0.3, 0.4) is 0 Å². The third-order valence-electron chi connectivity index (χ3n) is 7.23. The monoisotopic (exact) mass is 547 g/mol. The minimum absolute atomic E-state index is 0.191. The first-order valence-electron chi connectivity index (χ1n) is 13.5. The second-order valence-electron chi connectivity index (χ2n) is 10.8. The Morgan fingerprint density at radius 3 is 2.56 bits per heavy atom. The fraction of sp³-hybridized carbons (Fsp3) is 0.448. The van der Waals surface area contributed by atoms with Gasteiger partial charge in [-0.3, -0.25) is 14.7 Å². The summed E-state index contributed by atoms with van der Waals surface area (Å²) in [6.07, 6.45) is 4.07. The van der Waals surface area contributed by atoms with Crippen molar-refractivity contribution in [3.05, 3.63) is 53.6 Å². The van der Waals surface area contributed by atoms with Crippen molar-refractivity contribution in [2.24, 2.45) is 4.99 Å². The number of fused-ring (bicyclic) bond motifs is 1. The molecule has 0 bridgehead atoms. The van der Waals surface area contributed by atoms with E-state index in [0.717, 1.165) is 71.8 Å². The van der Waals surface area contributed by atoms with E-state index < -0.39 is 5.60 Å². The van der Waals surface area contributed by atoms with Gasteiger partial charge in [0.15, 0.2) is 5.13 Å². The van der Waals surface area contributed by atoms with Crippen molar-refractivity contribution in [3.8, 4) is 0 Å². The van der Waals surface area contributed by atoms with Crippen LogP contribution in [0.5, 0.6) is 0 Å². The predicted molar refractivity (Wildman–Crippen MR) is 159 cm³/mol. The summed E-state index contributed by atoms with van der Waals surface area (Å²) in [4.78, 5) is 33.7. The highest BCUT2D eigenvalue weighted by Gasteiger charge is 2.31. The van der Waals surface area contributed by atoms with E-state index in [1.165, 1.54) is 22.5 Å². The zero-order valence-corrected chi connectivity index (χ0v) is 24.0. The van der Waals surface area contributed by atoms with Crippen molar-refractivity contribution >= 4 is 50.1 Å². The van der Waals surface area contributed by atoms with Gasteiger partial charge in [0.05, 0.1) is 0 Å². The molecule has 10 heteroatoms. The molecule has 0 aliphatic carbocycles. The molecule has 1 aromatic carbocycles. The minimum Gasteiger partial charge on any atom is -0.381 e. The Morgan fingerprint density at radius 1 is 1.10 bits per heavy atom. The molecule has 4 heterocycles. The average molecular weight is 548 g/mol. The number of amides is 1. The van der Waals surface area contributed by atoms with Gasteiger partial charge in [-0.1, -0.05) is 34.6 Å². The van der Waals surface area contributed by atoms with E-state index in [4.69, 9.17) is 9.97 Å². The van der Waals surface area contributed by atoms with Gasteiger partial charge in [0.2, 0.25) is 0 Å². The zero-order valence-electron chi connectivity index (χ0n) is 23.1. The van der Waals surface area contributed by atoms with E-state index in [1.807, 2.05) is 19.2 Å². The number of carbonyl (C=O) groups excluding carboxylic acids is 1. The Bertz CT molecular complexity index is 1380. The number of hydrogen-bond acceptors (Lipinski definition) is 9. The lowest BCUT2D eigenvalue weighted by atomic mass is 10.1. The van der Waals surface area contributed by atoms with E-state index in [1.54, 1.807) is 18.7 Å². The van der Waals surface area contributed by atoms with Gasteiger partial charge < -0.3 is 20.2 Å². The number of rotatable bonds is 7. The molecule has 2 aliphatic rings. The summed E-state index contributed by atoms with van der Waals surface area (Å²) in [6.45, 7) is 9.87. The summed E-state index contributed by atoms with van der Waals surface area (Å²) in [5.74, 6) is 1.53. The molecule has 1 fully saturated rings. The van der Waals surface area contributed by atoms with Gasteiger partial charge in [0.25, 0.3) is 5.91 Å². The van der Waals surface area contributed by atoms with Crippen molar-refractivity contribution in [1.29, 1.82) is 0 Å². The maximum absolute atomic E-state index is 12.3. The molecule has 0 atom stereocenters. The number of anilines is 3. The second kappa shape index (κ2) is 11.4. The maximum atomic E-state index is 12.3. The van der Waals surface area contributed by atoms with Crippen LogP contribution in [0.4, 0.5) is 16.6 Å². The van der Waals surface area contributed by atoms with Crippen LogP contribution < -0.4 is 10.2 Å². The maximum Gasteiger partial charge on any atom is 0.254 e. The summed E-state index contributed by atoms with van der Waals surface area (Å²) in [5.41, 5.74) is 3.25. The quantitative estimate of drug-likeness (QED) is 0.457. The molecule has 1 saturated heterocycles. The molecular weight excluding hydrogens is 510 g/mol. The van der Waals surface area contributed by atoms with Crippen molar-refractivity contribution in [2.45, 2.75) is 39.2 Å². The van der Waals surface area contributed by atoms with E-state index in [0.29, 0.717) is 13.1 Å². The molecule has 206 valence electrons. The number of piperazine rings is 1. The molecular formula is C29H37N7O2S. The number of pyridine rings is 1. The topological polar surface area (TPSA) is 97.2 Å². The molecule has 3 aromatic rings. The summed E-state index contributed by atoms with van der Waals surface area (Å²) in [7, 11) is 2.03. The molecule has 9 nitrogen and oxygen atoms in total. The summed E-state index contributed by atoms with van der Waals surface area (Å²) in [5, 5.41) is 14.2. The highest BCUT2D eigenvalue weighted by molar-refractivity contribution is 7.22. The zero-order chi connectivity index (χ0) is 27.6. The van der Waals surface area contributed by atoms with Crippen molar-refractivity contribution in [2.75, 3.05) is 56.5 Å². The van der Waals surface area contributed by atoms with Crippen molar-refractivity contribution < 1.29 is 9.90 Å². The Morgan fingerprint density at radius 2 is 1.85 bits per heavy atom. The third-order valence-corrected chi connectivity index (χ3v) is 8.11. The number of aliphatic hydroxyl groups is 1. The molecule has 39 heavy (non-hydrogen) atoms. The number of aliphatic imine (C=N–C) groups is 1. The fourth-order valence-corrected chi connectivity index (χ4v) is 5.67. The number of carbonyl (C=O) groups is 1. The number of aryl methyl sites for hydroxylation is 1. The smallest absolute Gasteiger partial charge is 0.254 e. The number of amidine groups is 1. The van der Waals surface area contributed by atoms with Gasteiger partial charge in [-0.2, -0.15) is 0 Å². The van der Waals surface area contributed by atoms with Gasteiger partial charge in [0.1, 0.15) is 27.6 Å². The number of thiazole rings is 1. The lowest BCUT2D eigenvalue weighted by molar-refractivity contribution is -0.149. The number of nitrogens with one attached hydrogen (secondary N) is 1. The Balaban J connectivity index is 1.16. The van der Waals surface area contributed by atoms with Crippen LogP contribution in [0.2, 0.25) is 0 Å². The Kier molecular flexibility index (Phi) is 7.97. The molecule has 0 unspecified atom stereocenters. The Labute approximate surface area is 233 Å². The molecule has 2 N–H and O–H groups in total. The summed E-state index contributed by atoms with van der Waals surface area (Å²) < 4.78 is 0. The van der Waals surface area contributed by atoms with Crippen LogP contribution in [-0.4, -0.2) is 88.5 Å². The lowest BCUT2D eigenvalue weighted by Crippen LogP contribution is -2.54. The SMILES string of the molecule is Cc1ccc(N(C)c2ccc3nc(NC4=NCCC(CCN5CCN(C(=O)C(C)(C)O)CC5)=C4)sc3n2)cc1. The van der Waals surface area contributed by atoms with Crippen LogP contribution >= 0.6 is 11.3 Å². The summed E-state index contributed by atoms with van der Waals surface area (Å²) in [6, 6.07) is 12.4. The first-order chi connectivity index (χ1) is 18.7. The molecule has 0 radical (unpaired) electrons. The van der Waals surface area contributed by atoms with Gasteiger partial charge in [-0.25, -0.2) is 9.97 Å². The largest absolute Gasteiger partial charge is 0.381 e. The van der Waals surface area contributed by atoms with E-state index >= 15 is 0 Å². The lowest BCUT2D eigenvalue weighted by Gasteiger charge is -2.37. The van der Waals surface area contributed by atoms with Crippen LogP contribution in [-0.2, 0) is 4.79 Å². The van der Waals surface area contributed by atoms with Crippen LogP contribution in [0.1, 0.15) is 32.3 Å². The normalized spacial score (nSPS) is 16.7. The second-order valence-corrected chi connectivity index (χ2v) is 11.8. The van der Waals surface area contributed by atoms with Crippen LogP contribution in [0, 0.1) is 6.92 Å². The van der Waals surface area contributed by atoms with Crippen LogP contribution in [0.15, 0.2) is 53.0 Å². The molecule has 5 rings (SSSR count). The standard InChI is InChI=1S/C29H37N7O2S/c1-20-5-7-22(8-6-20)34(4)25-10-9-23-26(33-25)39-28(31-23)32-24-19-21(11-13-30-24)12-14-35-15-17-36(18-16-35)27(37)29(2,3)38/h5-10,19,38H,11-18H2,1-4H3,(H,30,31,32). The third kappa shape index (κ3) is 6.63. The first kappa shape index (κ1) is 27.2. The number of benzene rings is 1. The molecule has 2 aliphatic heterocycles. The van der Waals surface area contributed by atoms with Gasteiger partial charge in [-0.05, 0) is 64.0 Å². The highest BCUT2D eigenvalue weighted by Crippen LogP contribution is 2.29. The van der Waals surface area contributed by atoms with Gasteiger partial charge >= 0.3 is 0 Å². The predicted octanol–water partition coefficient (Wildman–Crippen LogP) is 4.21. The minimum atomic E-state index is -1.31. The number of hydrogen-bond donors (Lipinski definition) is 2. The number of aromatic nitrogens is 2. The highest BCUT2D eigenvalue weighted by atomic mass is 32.1. The average Bonchev–Trinajstić information content (AvgIpc) is 3.33.